The van der Waals surface area contributed by atoms with E-state index in [1.165, 1.54) is 10.9 Å². The zero-order chi connectivity index (χ0) is 16.2. The van der Waals surface area contributed by atoms with Crippen molar-refractivity contribution in [3.63, 3.8) is 0 Å². The number of ether oxygens (including phenoxy) is 1. The molecule has 1 aromatic heterocycles. The van der Waals surface area contributed by atoms with E-state index in [0.29, 0.717) is 13.1 Å². The van der Waals surface area contributed by atoms with Gasteiger partial charge in [-0.1, -0.05) is 12.1 Å². The number of nitrogens with zero attached hydrogens (tertiary/aromatic N) is 2. The molecule has 2 aromatic rings. The normalized spacial score (nSPS) is 19.5. The number of H-pyrrole nitrogens is 1. The smallest absolute Gasteiger partial charge is 0.231 e. The van der Waals surface area contributed by atoms with E-state index in [-0.39, 0.29) is 18.6 Å². The Kier molecular flexibility index (Phi) is 4.95. The first-order valence-corrected chi connectivity index (χ1v) is 7.97. The summed E-state index contributed by atoms with van der Waals surface area (Å²) in [4.78, 5) is 19.0. The molecule has 124 valence electrons. The van der Waals surface area contributed by atoms with E-state index in [1.54, 1.807) is 0 Å². The first-order valence-electron chi connectivity index (χ1n) is 7.97. The molecule has 1 atom stereocenters. The minimum absolute atomic E-state index is 0.110. The fraction of sp³-hybridized carbons (Fsp3) is 0.471. The highest BCUT2D eigenvalue weighted by molar-refractivity contribution is 5.83. The molecular weight excluding hydrogens is 292 g/mol. The molecular formula is C17H24N4O2. The molecule has 3 rings (SSSR count). The third-order valence-corrected chi connectivity index (χ3v) is 4.26. The molecule has 1 aromatic carbocycles. The third-order valence-electron chi connectivity index (χ3n) is 4.26. The number of nitrogens with two attached hydrogens (primary N) is 1. The number of fused-ring (bicyclic) bond motifs is 1. The highest BCUT2D eigenvalue weighted by atomic mass is 16.5. The predicted molar refractivity (Wildman–Crippen MR) is 90.0 cm³/mol. The van der Waals surface area contributed by atoms with Gasteiger partial charge in [0.2, 0.25) is 5.91 Å². The number of rotatable bonds is 6. The number of likely N-dealkylation sites (N-methyl/N-ethyl adjacent to an activating group) is 1. The molecule has 0 aliphatic carbocycles. The molecule has 1 amide bonds. The van der Waals surface area contributed by atoms with Crippen molar-refractivity contribution < 1.29 is 9.53 Å². The number of morpholine rings is 1. The van der Waals surface area contributed by atoms with E-state index in [9.17, 15) is 4.79 Å². The summed E-state index contributed by atoms with van der Waals surface area (Å²) < 4.78 is 5.83. The second-order valence-corrected chi connectivity index (χ2v) is 6.25. The van der Waals surface area contributed by atoms with E-state index < -0.39 is 0 Å². The van der Waals surface area contributed by atoms with Gasteiger partial charge in [0.25, 0.3) is 0 Å². The third kappa shape index (κ3) is 4.10. The van der Waals surface area contributed by atoms with Crippen molar-refractivity contribution in [2.24, 2.45) is 5.73 Å². The minimum Gasteiger partial charge on any atom is -0.374 e. The van der Waals surface area contributed by atoms with Gasteiger partial charge in [0, 0.05) is 43.3 Å². The van der Waals surface area contributed by atoms with Crippen LogP contribution in [-0.2, 0) is 16.1 Å². The lowest BCUT2D eigenvalue weighted by atomic mass is 10.1. The zero-order valence-corrected chi connectivity index (χ0v) is 13.5. The molecule has 0 radical (unpaired) electrons. The van der Waals surface area contributed by atoms with Gasteiger partial charge < -0.3 is 20.4 Å². The van der Waals surface area contributed by atoms with Gasteiger partial charge in [-0.25, -0.2) is 0 Å². The quantitative estimate of drug-likeness (QED) is 0.826. The van der Waals surface area contributed by atoms with Crippen molar-refractivity contribution in [3.8, 4) is 0 Å². The van der Waals surface area contributed by atoms with Crippen LogP contribution in [0.2, 0.25) is 0 Å². The Balaban J connectivity index is 1.73. The van der Waals surface area contributed by atoms with Crippen LogP contribution in [0.4, 0.5) is 0 Å². The van der Waals surface area contributed by atoms with Crippen LogP contribution in [0.15, 0.2) is 30.5 Å². The van der Waals surface area contributed by atoms with Crippen molar-refractivity contribution in [1.29, 1.82) is 0 Å². The molecule has 6 heteroatoms. The predicted octanol–water partition coefficient (Wildman–Crippen LogP) is 0.786. The number of benzene rings is 1. The molecule has 6 nitrogen and oxygen atoms in total. The maximum Gasteiger partial charge on any atom is 0.231 e. The van der Waals surface area contributed by atoms with Gasteiger partial charge in [-0.05, 0) is 24.7 Å². The molecule has 1 aliphatic heterocycles. The van der Waals surface area contributed by atoms with Gasteiger partial charge in [-0.3, -0.25) is 9.69 Å². The average molecular weight is 316 g/mol. The Morgan fingerprint density at radius 3 is 3.13 bits per heavy atom. The molecule has 0 bridgehead atoms. The molecule has 23 heavy (non-hydrogen) atoms. The standard InChI is InChI=1S/C17H24N4O2/c1-20-7-8-23-14(10-20)11-21(12-17(18)22)9-13-3-2-4-16-15(13)5-6-19-16/h2-6,14,19H,7-12H2,1H3,(H2,18,22). The summed E-state index contributed by atoms with van der Waals surface area (Å²) in [5.74, 6) is -0.310. The number of aromatic nitrogens is 1. The lowest BCUT2D eigenvalue weighted by Gasteiger charge is -2.33. The second kappa shape index (κ2) is 7.12. The highest BCUT2D eigenvalue weighted by Gasteiger charge is 2.22. The van der Waals surface area contributed by atoms with Crippen LogP contribution < -0.4 is 5.73 Å². The Hall–Kier alpha value is -1.89. The number of carbonyl (C=O) groups excluding carboxylic acids is 1. The summed E-state index contributed by atoms with van der Waals surface area (Å²) in [6, 6.07) is 8.24. The number of carbonyl (C=O) groups is 1. The van der Waals surface area contributed by atoms with Crippen molar-refractivity contribution in [2.45, 2.75) is 12.6 Å². The monoisotopic (exact) mass is 316 g/mol. The zero-order valence-electron chi connectivity index (χ0n) is 13.5. The maximum absolute atomic E-state index is 11.4. The fourth-order valence-corrected chi connectivity index (χ4v) is 3.20. The van der Waals surface area contributed by atoms with E-state index >= 15 is 0 Å². The topological polar surface area (TPSA) is 74.6 Å². The van der Waals surface area contributed by atoms with Crippen molar-refractivity contribution in [1.82, 2.24) is 14.8 Å². The maximum atomic E-state index is 11.4. The summed E-state index contributed by atoms with van der Waals surface area (Å²) in [7, 11) is 2.09. The number of amides is 1. The van der Waals surface area contributed by atoms with Crippen LogP contribution in [-0.4, -0.2) is 66.6 Å². The summed E-state index contributed by atoms with van der Waals surface area (Å²) >= 11 is 0. The van der Waals surface area contributed by atoms with E-state index in [0.717, 1.165) is 25.2 Å². The Labute approximate surface area is 136 Å². The minimum atomic E-state index is -0.310. The molecule has 2 heterocycles. The first kappa shape index (κ1) is 16.0. The van der Waals surface area contributed by atoms with Gasteiger partial charge in [0.1, 0.15) is 0 Å². The molecule has 1 aliphatic rings. The molecule has 0 saturated carbocycles. The van der Waals surface area contributed by atoms with Crippen molar-refractivity contribution in [2.75, 3.05) is 39.8 Å². The van der Waals surface area contributed by atoms with Crippen LogP contribution >= 0.6 is 0 Å². The van der Waals surface area contributed by atoms with Crippen LogP contribution in [0.1, 0.15) is 5.56 Å². The van der Waals surface area contributed by atoms with Gasteiger partial charge in [0.05, 0.1) is 19.3 Å². The fourth-order valence-electron chi connectivity index (χ4n) is 3.20. The van der Waals surface area contributed by atoms with Crippen molar-refractivity contribution >= 4 is 16.8 Å². The molecule has 1 unspecified atom stereocenters. The summed E-state index contributed by atoms with van der Waals surface area (Å²) in [5.41, 5.74) is 7.73. The highest BCUT2D eigenvalue weighted by Crippen LogP contribution is 2.19. The Morgan fingerprint density at radius 1 is 1.48 bits per heavy atom. The molecule has 1 saturated heterocycles. The van der Waals surface area contributed by atoms with Crippen LogP contribution in [0.5, 0.6) is 0 Å². The molecule has 3 N–H and O–H groups in total. The van der Waals surface area contributed by atoms with Gasteiger partial charge in [-0.15, -0.1) is 0 Å². The summed E-state index contributed by atoms with van der Waals surface area (Å²) in [5, 5.41) is 1.18. The Morgan fingerprint density at radius 2 is 2.35 bits per heavy atom. The number of hydrogen-bond donors (Lipinski definition) is 2. The van der Waals surface area contributed by atoms with Gasteiger partial charge in [0.15, 0.2) is 0 Å². The average Bonchev–Trinajstić information content (AvgIpc) is 2.96. The van der Waals surface area contributed by atoms with E-state index in [4.69, 9.17) is 10.5 Å². The number of aromatic amines is 1. The van der Waals surface area contributed by atoms with Crippen LogP contribution in [0.25, 0.3) is 10.9 Å². The number of nitrogens with one attached hydrogen (secondary N) is 1. The Bertz CT molecular complexity index is 669. The number of primary amides is 1. The first-order chi connectivity index (χ1) is 11.1. The summed E-state index contributed by atoms with van der Waals surface area (Å²) in [6.45, 7) is 4.19. The number of hydrogen-bond acceptors (Lipinski definition) is 4. The lowest BCUT2D eigenvalue weighted by molar-refractivity contribution is -0.120. The van der Waals surface area contributed by atoms with E-state index in [1.807, 2.05) is 12.3 Å². The molecule has 0 spiro atoms. The van der Waals surface area contributed by atoms with Gasteiger partial charge >= 0.3 is 0 Å². The van der Waals surface area contributed by atoms with Crippen molar-refractivity contribution in [3.05, 3.63) is 36.0 Å². The SMILES string of the molecule is CN1CCOC(CN(CC(N)=O)Cc2cccc3[nH]ccc23)C1. The molecule has 1 fully saturated rings. The van der Waals surface area contributed by atoms with Gasteiger partial charge in [-0.2, -0.15) is 0 Å². The van der Waals surface area contributed by atoms with Crippen LogP contribution in [0.3, 0.4) is 0 Å². The van der Waals surface area contributed by atoms with E-state index in [2.05, 4.69) is 40.0 Å². The summed E-state index contributed by atoms with van der Waals surface area (Å²) in [6.07, 6.45) is 2.05. The second-order valence-electron chi connectivity index (χ2n) is 6.25. The lowest BCUT2D eigenvalue weighted by Crippen LogP contribution is -2.47. The largest absolute Gasteiger partial charge is 0.374 e. The van der Waals surface area contributed by atoms with Crippen LogP contribution in [0, 0.1) is 0 Å².